The molecular weight excluding hydrogens is 344 g/mol. The highest BCUT2D eigenvalue weighted by Crippen LogP contribution is 2.16. The van der Waals surface area contributed by atoms with Crippen LogP contribution in [0.3, 0.4) is 0 Å². The minimum absolute atomic E-state index is 0. The predicted molar refractivity (Wildman–Crippen MR) is 97.4 cm³/mol. The van der Waals surface area contributed by atoms with Crippen molar-refractivity contribution in [3.8, 4) is 0 Å². The Balaban J connectivity index is 0.00000312. The lowest BCUT2D eigenvalue weighted by Gasteiger charge is -2.29. The van der Waals surface area contributed by atoms with Gasteiger partial charge in [0, 0.05) is 19.2 Å². The number of carbonyl (C=O) groups excluding carboxylic acids is 3. The van der Waals surface area contributed by atoms with Crippen LogP contribution in [-0.2, 0) is 11.3 Å². The number of hydrogen-bond donors (Lipinski definition) is 2. The summed E-state index contributed by atoms with van der Waals surface area (Å²) >= 11 is 0. The van der Waals surface area contributed by atoms with E-state index >= 15 is 0 Å². The first-order chi connectivity index (χ1) is 11.2. The van der Waals surface area contributed by atoms with Gasteiger partial charge in [-0.1, -0.05) is 26.0 Å². The maximum atomic E-state index is 12.5. The van der Waals surface area contributed by atoms with E-state index in [1.807, 2.05) is 13.8 Å². The molecule has 0 aliphatic carbocycles. The summed E-state index contributed by atoms with van der Waals surface area (Å²) in [6.07, 6.45) is 0. The predicted octanol–water partition coefficient (Wildman–Crippen LogP) is 1.22. The molecule has 7 nitrogen and oxygen atoms in total. The van der Waals surface area contributed by atoms with E-state index in [0.29, 0.717) is 18.7 Å². The average molecular weight is 369 g/mol. The molecule has 0 aromatic heterocycles. The fourth-order valence-electron chi connectivity index (χ4n) is 2.55. The normalized spacial score (nSPS) is 14.2. The second kappa shape index (κ2) is 8.31. The van der Waals surface area contributed by atoms with Crippen molar-refractivity contribution in [2.45, 2.75) is 20.4 Å². The van der Waals surface area contributed by atoms with E-state index in [-0.39, 0.29) is 48.8 Å². The molecule has 4 amide bonds. The second-order valence-electron chi connectivity index (χ2n) is 6.87. The number of rotatable bonds is 6. The molecule has 3 N–H and O–H groups in total. The largest absolute Gasteiger partial charge is 0.341 e. The van der Waals surface area contributed by atoms with Crippen molar-refractivity contribution in [2.75, 3.05) is 26.7 Å². The number of benzene rings is 1. The van der Waals surface area contributed by atoms with Crippen LogP contribution in [0.15, 0.2) is 24.3 Å². The second-order valence-corrected chi connectivity index (χ2v) is 6.87. The van der Waals surface area contributed by atoms with E-state index < -0.39 is 0 Å². The topological polar surface area (TPSA) is 95.7 Å². The van der Waals surface area contributed by atoms with Crippen molar-refractivity contribution in [2.24, 2.45) is 11.1 Å². The van der Waals surface area contributed by atoms with Gasteiger partial charge in [-0.3, -0.25) is 14.5 Å². The van der Waals surface area contributed by atoms with Gasteiger partial charge in [-0.2, -0.15) is 0 Å². The van der Waals surface area contributed by atoms with Gasteiger partial charge in [0.15, 0.2) is 0 Å². The Hall–Kier alpha value is -2.12. The number of nitrogens with two attached hydrogens (primary N) is 1. The van der Waals surface area contributed by atoms with E-state index in [0.717, 1.165) is 10.5 Å². The molecule has 0 unspecified atom stereocenters. The van der Waals surface area contributed by atoms with Gasteiger partial charge in [0.2, 0.25) is 5.91 Å². The van der Waals surface area contributed by atoms with Crippen LogP contribution < -0.4 is 11.1 Å². The van der Waals surface area contributed by atoms with Crippen LogP contribution in [-0.4, -0.2) is 54.3 Å². The van der Waals surface area contributed by atoms with Crippen LogP contribution in [0.25, 0.3) is 0 Å². The van der Waals surface area contributed by atoms with E-state index in [2.05, 4.69) is 5.32 Å². The number of hydrogen-bond acceptors (Lipinski definition) is 4. The molecule has 8 heteroatoms. The third kappa shape index (κ3) is 5.17. The van der Waals surface area contributed by atoms with Crippen LogP contribution in [0.1, 0.15) is 29.8 Å². The first-order valence-electron chi connectivity index (χ1n) is 7.86. The molecule has 1 aliphatic rings. The third-order valence-corrected chi connectivity index (χ3v) is 4.04. The van der Waals surface area contributed by atoms with Gasteiger partial charge in [-0.25, -0.2) is 4.79 Å². The lowest BCUT2D eigenvalue weighted by Crippen LogP contribution is -2.39. The summed E-state index contributed by atoms with van der Waals surface area (Å²) in [5.74, 6) is -0.332. The third-order valence-electron chi connectivity index (χ3n) is 4.04. The molecule has 1 aromatic carbocycles. The van der Waals surface area contributed by atoms with Gasteiger partial charge in [0.25, 0.3) is 5.91 Å². The molecular formula is C17H25ClN4O3. The highest BCUT2D eigenvalue weighted by atomic mass is 35.5. The van der Waals surface area contributed by atoms with Crippen LogP contribution in [0, 0.1) is 5.41 Å². The molecule has 2 rings (SSSR count). The highest BCUT2D eigenvalue weighted by molar-refractivity contribution is 6.01. The summed E-state index contributed by atoms with van der Waals surface area (Å²) in [4.78, 5) is 38.4. The summed E-state index contributed by atoms with van der Waals surface area (Å²) in [5, 5.41) is 2.48. The smallest absolute Gasteiger partial charge is 0.324 e. The van der Waals surface area contributed by atoms with Crippen LogP contribution in [0.2, 0.25) is 0 Å². The fraction of sp³-hybridized carbons (Fsp3) is 0.471. The van der Waals surface area contributed by atoms with Crippen molar-refractivity contribution < 1.29 is 14.4 Å². The molecule has 25 heavy (non-hydrogen) atoms. The fourth-order valence-corrected chi connectivity index (χ4v) is 2.55. The summed E-state index contributed by atoms with van der Waals surface area (Å²) in [6, 6.07) is 6.55. The number of amides is 4. The van der Waals surface area contributed by atoms with Gasteiger partial charge in [-0.05, 0) is 29.7 Å². The summed E-state index contributed by atoms with van der Waals surface area (Å²) < 4.78 is 0. The molecule has 1 saturated heterocycles. The Bertz CT molecular complexity index is 630. The Morgan fingerprint density at radius 1 is 1.28 bits per heavy atom. The number of halogens is 1. The average Bonchev–Trinajstić information content (AvgIpc) is 2.86. The van der Waals surface area contributed by atoms with E-state index in [1.165, 1.54) is 0 Å². The molecule has 0 spiro atoms. The van der Waals surface area contributed by atoms with Crippen LogP contribution in [0.5, 0.6) is 0 Å². The zero-order valence-electron chi connectivity index (χ0n) is 14.7. The number of carbonyl (C=O) groups is 3. The minimum atomic E-state index is -0.385. The van der Waals surface area contributed by atoms with Gasteiger partial charge in [-0.15, -0.1) is 12.4 Å². The summed E-state index contributed by atoms with van der Waals surface area (Å²) in [7, 11) is 1.75. The van der Waals surface area contributed by atoms with Gasteiger partial charge in [0.05, 0.1) is 13.1 Å². The first-order valence-corrected chi connectivity index (χ1v) is 7.86. The van der Waals surface area contributed by atoms with Gasteiger partial charge >= 0.3 is 6.03 Å². The van der Waals surface area contributed by atoms with Crippen molar-refractivity contribution >= 4 is 30.3 Å². The lowest BCUT2D eigenvalue weighted by molar-refractivity contribution is -0.125. The van der Waals surface area contributed by atoms with E-state index in [1.54, 1.807) is 36.2 Å². The maximum Gasteiger partial charge on any atom is 0.324 e. The van der Waals surface area contributed by atoms with Crippen molar-refractivity contribution in [1.29, 1.82) is 0 Å². The molecule has 0 bridgehead atoms. The molecule has 0 radical (unpaired) electrons. The molecule has 1 heterocycles. The van der Waals surface area contributed by atoms with Gasteiger partial charge in [0.1, 0.15) is 0 Å². The van der Waals surface area contributed by atoms with Gasteiger partial charge < -0.3 is 16.0 Å². The Kier molecular flexibility index (Phi) is 6.96. The Morgan fingerprint density at radius 2 is 1.88 bits per heavy atom. The molecule has 138 valence electrons. The first kappa shape index (κ1) is 20.9. The van der Waals surface area contributed by atoms with Crippen LogP contribution in [0.4, 0.5) is 4.79 Å². The van der Waals surface area contributed by atoms with E-state index in [9.17, 15) is 14.4 Å². The highest BCUT2D eigenvalue weighted by Gasteiger charge is 2.28. The monoisotopic (exact) mass is 368 g/mol. The SMILES string of the molecule is CN(CC(C)(C)CN)C(=O)c1ccc(CN2C(=O)CNC2=O)cc1.Cl. The quantitative estimate of drug-likeness (QED) is 0.738. The zero-order valence-corrected chi connectivity index (χ0v) is 15.6. The van der Waals surface area contributed by atoms with Crippen LogP contribution >= 0.6 is 12.4 Å². The Labute approximate surface area is 153 Å². The molecule has 0 saturated carbocycles. The molecule has 1 fully saturated rings. The molecule has 1 aliphatic heterocycles. The summed E-state index contributed by atoms with van der Waals surface area (Å²) in [5.41, 5.74) is 6.92. The number of nitrogens with zero attached hydrogens (tertiary/aromatic N) is 2. The number of urea groups is 1. The Morgan fingerprint density at radius 3 is 2.36 bits per heavy atom. The minimum Gasteiger partial charge on any atom is -0.341 e. The van der Waals surface area contributed by atoms with Crippen molar-refractivity contribution in [3.05, 3.63) is 35.4 Å². The number of nitrogens with one attached hydrogen (secondary N) is 1. The summed E-state index contributed by atoms with van der Waals surface area (Å²) in [6.45, 7) is 5.32. The standard InChI is InChI=1S/C17H24N4O3.ClH/c1-17(2,10-18)11-20(3)15(23)13-6-4-12(5-7-13)9-21-14(22)8-19-16(21)24;/h4-7H,8-11,18H2,1-3H3,(H,19,24);1H. The van der Waals surface area contributed by atoms with Crippen molar-refractivity contribution in [1.82, 2.24) is 15.1 Å². The van der Waals surface area contributed by atoms with Crippen molar-refractivity contribution in [3.63, 3.8) is 0 Å². The lowest BCUT2D eigenvalue weighted by atomic mass is 9.93. The molecule has 1 aromatic rings. The van der Waals surface area contributed by atoms with E-state index in [4.69, 9.17) is 5.73 Å². The zero-order chi connectivity index (χ0) is 17.9. The number of imide groups is 1. The maximum absolute atomic E-state index is 12.5. The molecule has 0 atom stereocenters.